The predicted octanol–water partition coefficient (Wildman–Crippen LogP) is 2.84. The Morgan fingerprint density at radius 1 is 1.21 bits per heavy atom. The van der Waals surface area contributed by atoms with Gasteiger partial charge in [-0.1, -0.05) is 6.07 Å². The van der Waals surface area contributed by atoms with Crippen LogP contribution in [0.1, 0.15) is 6.42 Å². The number of rotatable bonds is 3. The molecular weight excluding hydrogens is 174 g/mol. The molecule has 0 aliphatic heterocycles. The van der Waals surface area contributed by atoms with E-state index in [1.807, 2.05) is 30.3 Å². The van der Waals surface area contributed by atoms with Crippen molar-refractivity contribution in [2.45, 2.75) is 6.42 Å². The molecule has 0 atom stereocenters. The van der Waals surface area contributed by atoms with E-state index in [0.29, 0.717) is 6.61 Å². The second-order valence-corrected chi connectivity index (χ2v) is 3.03. The third-order valence-corrected chi connectivity index (χ3v) is 2.01. The van der Waals surface area contributed by atoms with Crippen LogP contribution < -0.4 is 4.74 Å². The quantitative estimate of drug-likeness (QED) is 0.735. The Labute approximate surface area is 83.5 Å². The highest BCUT2D eigenvalue weighted by atomic mass is 16.5. The van der Waals surface area contributed by atoms with Gasteiger partial charge < -0.3 is 4.74 Å². The predicted molar refractivity (Wildman–Crippen MR) is 57.2 cm³/mol. The number of nitrogens with zero attached hydrogens (tertiary/aromatic N) is 1. The molecule has 0 unspecified atom stereocenters. The van der Waals surface area contributed by atoms with Crippen molar-refractivity contribution in [3.8, 4) is 5.75 Å². The second-order valence-electron chi connectivity index (χ2n) is 3.03. The summed E-state index contributed by atoms with van der Waals surface area (Å²) in [7, 11) is 0. The molecule has 14 heavy (non-hydrogen) atoms. The summed E-state index contributed by atoms with van der Waals surface area (Å²) in [5.41, 5.74) is 0.967. The maximum absolute atomic E-state index is 5.57. The summed E-state index contributed by atoms with van der Waals surface area (Å²) < 4.78 is 5.57. The molecule has 0 bridgehead atoms. The second kappa shape index (κ2) is 4.09. The van der Waals surface area contributed by atoms with Gasteiger partial charge in [0.05, 0.1) is 12.1 Å². The molecule has 2 heteroatoms. The summed E-state index contributed by atoms with van der Waals surface area (Å²) in [6.07, 6.45) is 2.56. The average molecular weight is 186 g/mol. The van der Waals surface area contributed by atoms with Crippen LogP contribution in [-0.2, 0) is 0 Å². The van der Waals surface area contributed by atoms with E-state index in [9.17, 15) is 0 Å². The van der Waals surface area contributed by atoms with Crippen molar-refractivity contribution in [3.05, 3.63) is 43.5 Å². The van der Waals surface area contributed by atoms with Gasteiger partial charge in [-0.3, -0.25) is 4.98 Å². The Kier molecular flexibility index (Phi) is 2.63. The Bertz CT molecular complexity index is 420. The Balaban J connectivity index is 2.43. The first-order chi connectivity index (χ1) is 6.92. The molecule has 0 aliphatic rings. The van der Waals surface area contributed by atoms with Crippen molar-refractivity contribution in [2.24, 2.45) is 0 Å². The Morgan fingerprint density at radius 3 is 3.00 bits per heavy atom. The summed E-state index contributed by atoms with van der Waals surface area (Å²) >= 11 is 0. The molecule has 0 N–H and O–H groups in total. The van der Waals surface area contributed by atoms with Crippen molar-refractivity contribution >= 4 is 10.9 Å². The van der Waals surface area contributed by atoms with E-state index in [2.05, 4.69) is 11.9 Å². The van der Waals surface area contributed by atoms with E-state index >= 15 is 0 Å². The van der Waals surface area contributed by atoms with Crippen LogP contribution in [0, 0.1) is 6.92 Å². The molecule has 1 aromatic heterocycles. The van der Waals surface area contributed by atoms with E-state index in [-0.39, 0.29) is 0 Å². The van der Waals surface area contributed by atoms with Gasteiger partial charge in [-0.05, 0) is 37.6 Å². The van der Waals surface area contributed by atoms with Gasteiger partial charge in [0.25, 0.3) is 0 Å². The van der Waals surface area contributed by atoms with Crippen LogP contribution in [0.5, 0.6) is 5.75 Å². The monoisotopic (exact) mass is 186 g/mol. The lowest BCUT2D eigenvalue weighted by atomic mass is 10.2. The van der Waals surface area contributed by atoms with E-state index < -0.39 is 0 Å². The standard InChI is InChI=1S/C12H12NO/c1-2-9-14-12-7-3-6-11-10(12)5-4-8-13-11/h3-8H,1-2,9H2. The topological polar surface area (TPSA) is 22.1 Å². The van der Waals surface area contributed by atoms with Gasteiger partial charge in [0, 0.05) is 11.6 Å². The first-order valence-electron chi connectivity index (χ1n) is 4.67. The third-order valence-electron chi connectivity index (χ3n) is 2.01. The molecule has 1 radical (unpaired) electrons. The molecule has 2 nitrogen and oxygen atoms in total. The summed E-state index contributed by atoms with van der Waals surface area (Å²) in [4.78, 5) is 4.25. The summed E-state index contributed by atoms with van der Waals surface area (Å²) in [6.45, 7) is 4.39. The Morgan fingerprint density at radius 2 is 2.14 bits per heavy atom. The van der Waals surface area contributed by atoms with Crippen LogP contribution in [0.15, 0.2) is 36.5 Å². The fourth-order valence-electron chi connectivity index (χ4n) is 1.38. The van der Waals surface area contributed by atoms with E-state index in [0.717, 1.165) is 23.1 Å². The van der Waals surface area contributed by atoms with Gasteiger partial charge >= 0.3 is 0 Å². The van der Waals surface area contributed by atoms with Crippen LogP contribution in [0.3, 0.4) is 0 Å². The van der Waals surface area contributed by atoms with E-state index in [1.165, 1.54) is 0 Å². The molecule has 0 aliphatic carbocycles. The largest absolute Gasteiger partial charge is 0.493 e. The molecule has 0 saturated carbocycles. The molecule has 1 heterocycles. The van der Waals surface area contributed by atoms with Crippen LogP contribution in [-0.4, -0.2) is 11.6 Å². The Hall–Kier alpha value is -1.57. The van der Waals surface area contributed by atoms with Crippen molar-refractivity contribution in [1.82, 2.24) is 4.98 Å². The van der Waals surface area contributed by atoms with Gasteiger partial charge in [-0.25, -0.2) is 0 Å². The number of pyridine rings is 1. The molecule has 71 valence electrons. The lowest BCUT2D eigenvalue weighted by Gasteiger charge is -2.06. The number of aromatic nitrogens is 1. The minimum Gasteiger partial charge on any atom is -0.493 e. The molecule has 0 saturated heterocycles. The van der Waals surface area contributed by atoms with Gasteiger partial charge in [0.2, 0.25) is 0 Å². The smallest absolute Gasteiger partial charge is 0.128 e. The molecular formula is C12H12NO. The van der Waals surface area contributed by atoms with Crippen molar-refractivity contribution < 1.29 is 4.74 Å². The van der Waals surface area contributed by atoms with Crippen molar-refractivity contribution in [2.75, 3.05) is 6.61 Å². The summed E-state index contributed by atoms with van der Waals surface area (Å²) in [5, 5.41) is 1.06. The maximum Gasteiger partial charge on any atom is 0.128 e. The average Bonchev–Trinajstić information content (AvgIpc) is 2.26. The number of hydrogen-bond acceptors (Lipinski definition) is 2. The van der Waals surface area contributed by atoms with Crippen molar-refractivity contribution in [3.63, 3.8) is 0 Å². The number of hydrogen-bond donors (Lipinski definition) is 0. The van der Waals surface area contributed by atoms with Crippen LogP contribution in [0.4, 0.5) is 0 Å². The van der Waals surface area contributed by atoms with Crippen LogP contribution in [0.2, 0.25) is 0 Å². The van der Waals surface area contributed by atoms with Gasteiger partial charge in [0.15, 0.2) is 0 Å². The highest BCUT2D eigenvalue weighted by Crippen LogP contribution is 2.23. The van der Waals surface area contributed by atoms with Gasteiger partial charge in [-0.2, -0.15) is 0 Å². The fraction of sp³-hybridized carbons (Fsp3) is 0.167. The van der Waals surface area contributed by atoms with Crippen LogP contribution >= 0.6 is 0 Å². The minimum atomic E-state index is 0.647. The van der Waals surface area contributed by atoms with Gasteiger partial charge in [-0.15, -0.1) is 0 Å². The minimum absolute atomic E-state index is 0.647. The summed E-state index contributed by atoms with van der Waals surface area (Å²) in [5.74, 6) is 0.888. The molecule has 2 rings (SSSR count). The maximum atomic E-state index is 5.57. The molecule has 0 amide bonds. The third kappa shape index (κ3) is 1.69. The molecule has 0 spiro atoms. The zero-order valence-corrected chi connectivity index (χ0v) is 7.94. The number of benzene rings is 1. The lowest BCUT2D eigenvalue weighted by Crippen LogP contribution is -1.95. The van der Waals surface area contributed by atoms with E-state index in [4.69, 9.17) is 4.74 Å². The zero-order chi connectivity index (χ0) is 9.80. The zero-order valence-electron chi connectivity index (χ0n) is 7.94. The van der Waals surface area contributed by atoms with E-state index in [1.54, 1.807) is 6.20 Å². The first kappa shape index (κ1) is 9.00. The number of ether oxygens (including phenoxy) is 1. The molecule has 0 fully saturated rings. The lowest BCUT2D eigenvalue weighted by molar-refractivity contribution is 0.328. The fourth-order valence-corrected chi connectivity index (χ4v) is 1.38. The molecule has 1 aromatic carbocycles. The van der Waals surface area contributed by atoms with Gasteiger partial charge in [0.1, 0.15) is 5.75 Å². The summed E-state index contributed by atoms with van der Waals surface area (Å²) in [6, 6.07) is 9.82. The van der Waals surface area contributed by atoms with Crippen molar-refractivity contribution in [1.29, 1.82) is 0 Å². The SMILES string of the molecule is [CH2]CCOc1cccc2ncccc12. The highest BCUT2D eigenvalue weighted by Gasteiger charge is 2.00. The normalized spacial score (nSPS) is 10.4. The van der Waals surface area contributed by atoms with Crippen LogP contribution in [0.25, 0.3) is 10.9 Å². The highest BCUT2D eigenvalue weighted by molar-refractivity contribution is 5.84. The number of fused-ring (bicyclic) bond motifs is 1. The molecule has 2 aromatic rings. The first-order valence-corrected chi connectivity index (χ1v) is 4.67.